The predicted molar refractivity (Wildman–Crippen MR) is 96.5 cm³/mol. The van der Waals surface area contributed by atoms with Crippen molar-refractivity contribution in [2.24, 2.45) is 0 Å². The van der Waals surface area contributed by atoms with Crippen molar-refractivity contribution in [1.82, 2.24) is 9.55 Å². The van der Waals surface area contributed by atoms with Crippen LogP contribution in [0.25, 0.3) is 11.0 Å². The highest BCUT2D eigenvalue weighted by Crippen LogP contribution is 2.37. The van der Waals surface area contributed by atoms with Gasteiger partial charge in [-0.3, -0.25) is 0 Å². The Kier molecular flexibility index (Phi) is 4.61. The molecule has 5 atom stereocenters. The summed E-state index contributed by atoms with van der Waals surface area (Å²) in [4.78, 5) is 4.32. The summed E-state index contributed by atoms with van der Waals surface area (Å²) in [6.45, 7) is 1.93. The molecule has 28 heavy (non-hydrogen) atoms. The fourth-order valence-electron chi connectivity index (χ4n) is 3.58. The number of aliphatic hydroxyl groups is 3. The van der Waals surface area contributed by atoms with Crippen LogP contribution in [0.2, 0.25) is 0 Å². The van der Waals surface area contributed by atoms with Gasteiger partial charge in [0.1, 0.15) is 41.9 Å². The molecule has 8 heteroatoms. The lowest BCUT2D eigenvalue weighted by Gasteiger charge is -2.21. The van der Waals surface area contributed by atoms with Crippen molar-refractivity contribution in [3.63, 3.8) is 0 Å². The van der Waals surface area contributed by atoms with E-state index in [1.807, 2.05) is 19.1 Å². The summed E-state index contributed by atoms with van der Waals surface area (Å²) in [5, 5.41) is 41.5. The van der Waals surface area contributed by atoms with Crippen molar-refractivity contribution < 1.29 is 24.4 Å². The van der Waals surface area contributed by atoms with Gasteiger partial charge in [-0.05, 0) is 42.3 Å². The van der Waals surface area contributed by atoms with E-state index in [1.54, 1.807) is 23.0 Å². The summed E-state index contributed by atoms with van der Waals surface area (Å²) in [6.07, 6.45) is -2.85. The first-order valence-corrected chi connectivity index (χ1v) is 8.73. The summed E-state index contributed by atoms with van der Waals surface area (Å²) in [7, 11) is 0. The van der Waals surface area contributed by atoms with Gasteiger partial charge in [0.25, 0.3) is 0 Å². The molecule has 0 saturated carbocycles. The number of hydrogen-bond acceptors (Lipinski definition) is 6. The molecular formula is C20H18FN3O4. The molecule has 3 heterocycles. The maximum Gasteiger partial charge on any atom is 0.164 e. The molecule has 0 radical (unpaired) electrons. The molecule has 1 aliphatic heterocycles. The molecule has 0 unspecified atom stereocenters. The minimum atomic E-state index is -1.39. The zero-order valence-corrected chi connectivity index (χ0v) is 14.9. The largest absolute Gasteiger partial charge is 0.387 e. The number of nitrogens with zero attached hydrogens (tertiary/aromatic N) is 3. The second-order valence-electron chi connectivity index (χ2n) is 6.86. The number of benzene rings is 1. The molecule has 1 saturated heterocycles. The van der Waals surface area contributed by atoms with E-state index in [2.05, 4.69) is 4.98 Å². The highest BCUT2D eigenvalue weighted by Gasteiger charge is 2.47. The van der Waals surface area contributed by atoms with Crippen LogP contribution >= 0.6 is 0 Å². The van der Waals surface area contributed by atoms with E-state index in [0.717, 1.165) is 17.0 Å². The van der Waals surface area contributed by atoms with Crippen LogP contribution in [0.15, 0.2) is 42.7 Å². The molecular weight excluding hydrogens is 365 g/mol. The first-order valence-electron chi connectivity index (χ1n) is 8.73. The minimum Gasteiger partial charge on any atom is -0.387 e. The zero-order chi connectivity index (χ0) is 20.0. The second kappa shape index (κ2) is 6.96. The molecule has 3 N–H and O–H groups in total. The molecule has 0 spiro atoms. The lowest BCUT2D eigenvalue weighted by Crippen LogP contribution is -2.34. The van der Waals surface area contributed by atoms with Gasteiger partial charge in [0.2, 0.25) is 0 Å². The number of hydrogen-bond donors (Lipinski definition) is 3. The highest BCUT2D eigenvalue weighted by molar-refractivity contribution is 5.79. The van der Waals surface area contributed by atoms with Gasteiger partial charge >= 0.3 is 0 Å². The Bertz CT molecular complexity index is 1080. The Labute approximate surface area is 159 Å². The molecule has 7 nitrogen and oxygen atoms in total. The monoisotopic (exact) mass is 383 g/mol. The van der Waals surface area contributed by atoms with Gasteiger partial charge in [-0.25, -0.2) is 9.37 Å². The SMILES string of the molecule is Cc1ccnc2c1ccn2[C@@H]1O[C@H]([C@H](O)c2ccc(F)c(C#N)c2)[C@@H](O)[C@H]1O. The van der Waals surface area contributed by atoms with Gasteiger partial charge in [0.05, 0.1) is 5.56 Å². The Morgan fingerprint density at radius 1 is 1.25 bits per heavy atom. The van der Waals surface area contributed by atoms with E-state index in [9.17, 15) is 19.7 Å². The van der Waals surface area contributed by atoms with Crippen LogP contribution < -0.4 is 0 Å². The molecule has 3 aromatic rings. The van der Waals surface area contributed by atoms with Gasteiger partial charge < -0.3 is 24.6 Å². The van der Waals surface area contributed by atoms with Crippen molar-refractivity contribution in [3.05, 3.63) is 65.2 Å². The fourth-order valence-corrected chi connectivity index (χ4v) is 3.58. The van der Waals surface area contributed by atoms with E-state index in [1.165, 1.54) is 12.1 Å². The number of aryl methyl sites for hydroxylation is 1. The van der Waals surface area contributed by atoms with E-state index in [0.29, 0.717) is 5.65 Å². The molecule has 0 bridgehead atoms. The summed E-state index contributed by atoms with van der Waals surface area (Å²) < 4.78 is 20.9. The average molecular weight is 383 g/mol. The van der Waals surface area contributed by atoms with E-state index in [4.69, 9.17) is 10.00 Å². The van der Waals surface area contributed by atoms with Gasteiger partial charge in [-0.1, -0.05) is 6.07 Å². The number of ether oxygens (including phenoxy) is 1. The van der Waals surface area contributed by atoms with Crippen LogP contribution in [0.4, 0.5) is 4.39 Å². The molecule has 4 rings (SSSR count). The second-order valence-corrected chi connectivity index (χ2v) is 6.86. The molecule has 1 fully saturated rings. The number of aromatic nitrogens is 2. The van der Waals surface area contributed by atoms with Crippen LogP contribution in [0.3, 0.4) is 0 Å². The van der Waals surface area contributed by atoms with Crippen LogP contribution in [0, 0.1) is 24.1 Å². The van der Waals surface area contributed by atoms with E-state index >= 15 is 0 Å². The molecule has 144 valence electrons. The Morgan fingerprint density at radius 3 is 2.79 bits per heavy atom. The maximum absolute atomic E-state index is 13.5. The topological polar surface area (TPSA) is 112 Å². The van der Waals surface area contributed by atoms with Crippen molar-refractivity contribution >= 4 is 11.0 Å². The Morgan fingerprint density at radius 2 is 2.04 bits per heavy atom. The number of halogens is 1. The van der Waals surface area contributed by atoms with E-state index < -0.39 is 36.5 Å². The van der Waals surface area contributed by atoms with Crippen LogP contribution in [0.5, 0.6) is 0 Å². The standard InChI is InChI=1S/C20H18FN3O4/c1-10-4-6-23-19-13(10)5-7-24(19)20-17(27)16(26)18(28-20)15(25)11-2-3-14(21)12(8-11)9-22/h2-8,15-18,20,25-27H,1H3/t15-,16+,17-,18-,20-/m1/s1. The summed E-state index contributed by atoms with van der Waals surface area (Å²) in [6, 6.07) is 8.99. The van der Waals surface area contributed by atoms with E-state index in [-0.39, 0.29) is 11.1 Å². The molecule has 0 aliphatic carbocycles. The third kappa shape index (κ3) is 2.85. The Hall–Kier alpha value is -2.83. The normalized spacial score (nSPS) is 25.7. The maximum atomic E-state index is 13.5. The van der Waals surface area contributed by atoms with Crippen molar-refractivity contribution in [1.29, 1.82) is 5.26 Å². The molecule has 1 aliphatic rings. The molecule has 1 aromatic carbocycles. The molecule has 0 amide bonds. The van der Waals surface area contributed by atoms with Crippen molar-refractivity contribution in [3.8, 4) is 6.07 Å². The predicted octanol–water partition coefficient (Wildman–Crippen LogP) is 1.71. The van der Waals surface area contributed by atoms with Gasteiger partial charge in [-0.15, -0.1) is 0 Å². The zero-order valence-electron chi connectivity index (χ0n) is 14.9. The summed E-state index contributed by atoms with van der Waals surface area (Å²) in [5.74, 6) is -0.704. The lowest BCUT2D eigenvalue weighted by atomic mass is 9.98. The average Bonchev–Trinajstić information content (AvgIpc) is 3.24. The van der Waals surface area contributed by atoms with Crippen LogP contribution in [-0.4, -0.2) is 43.2 Å². The fraction of sp³-hybridized carbons (Fsp3) is 0.300. The van der Waals surface area contributed by atoms with Crippen LogP contribution in [0.1, 0.15) is 29.0 Å². The quantitative estimate of drug-likeness (QED) is 0.635. The van der Waals surface area contributed by atoms with Gasteiger partial charge in [0.15, 0.2) is 6.23 Å². The van der Waals surface area contributed by atoms with Crippen molar-refractivity contribution in [2.75, 3.05) is 0 Å². The van der Waals surface area contributed by atoms with Gasteiger partial charge in [0, 0.05) is 17.8 Å². The third-order valence-corrected chi connectivity index (χ3v) is 5.15. The molecule has 2 aromatic heterocycles. The smallest absolute Gasteiger partial charge is 0.164 e. The van der Waals surface area contributed by atoms with Crippen molar-refractivity contribution in [2.45, 2.75) is 37.6 Å². The number of nitriles is 1. The highest BCUT2D eigenvalue weighted by atomic mass is 19.1. The van der Waals surface area contributed by atoms with Crippen LogP contribution in [-0.2, 0) is 4.74 Å². The Balaban J connectivity index is 1.66. The van der Waals surface area contributed by atoms with Gasteiger partial charge in [-0.2, -0.15) is 5.26 Å². The third-order valence-electron chi connectivity index (χ3n) is 5.15. The number of aliphatic hydroxyl groups excluding tert-OH is 3. The first-order chi connectivity index (χ1) is 13.4. The first kappa shape index (κ1) is 18.5. The number of pyridine rings is 1. The summed E-state index contributed by atoms with van der Waals surface area (Å²) in [5.41, 5.74) is 1.57. The number of rotatable bonds is 3. The lowest BCUT2D eigenvalue weighted by molar-refractivity contribution is -0.0848. The minimum absolute atomic E-state index is 0.209. The number of fused-ring (bicyclic) bond motifs is 1. The summed E-state index contributed by atoms with van der Waals surface area (Å²) >= 11 is 0.